The fourth-order valence-corrected chi connectivity index (χ4v) is 4.01. The topological polar surface area (TPSA) is 49.6 Å². The highest BCUT2D eigenvalue weighted by Crippen LogP contribution is 2.52. The zero-order valence-electron chi connectivity index (χ0n) is 13.8. The molecule has 0 atom stereocenters. The highest BCUT2D eigenvalue weighted by atomic mass is 32.1. The summed E-state index contributed by atoms with van der Waals surface area (Å²) in [6, 6.07) is 0. The van der Waals surface area contributed by atoms with Gasteiger partial charge in [0, 0.05) is 32.7 Å². The van der Waals surface area contributed by atoms with Gasteiger partial charge in [0.2, 0.25) is 0 Å². The average Bonchev–Trinajstić information content (AvgIpc) is 3.19. The summed E-state index contributed by atoms with van der Waals surface area (Å²) in [6.45, 7) is 8.58. The molecule has 4 nitrogen and oxygen atoms in total. The fourth-order valence-electron chi connectivity index (χ4n) is 2.60. The number of nitrogens with zero attached hydrogens (tertiary/aromatic N) is 2. The largest absolute Gasteiger partial charge is 0.397 e. The van der Waals surface area contributed by atoms with Crippen LogP contribution in [-0.2, 0) is 0 Å². The quantitative estimate of drug-likeness (QED) is 0.876. The first-order valence-electron chi connectivity index (χ1n) is 7.75. The van der Waals surface area contributed by atoms with E-state index in [1.54, 1.807) is 30.3 Å². The minimum Gasteiger partial charge on any atom is -0.397 e. The molecule has 1 aliphatic rings. The molecule has 0 saturated heterocycles. The van der Waals surface area contributed by atoms with Crippen molar-refractivity contribution in [2.24, 2.45) is 5.92 Å². The highest BCUT2D eigenvalue weighted by Gasteiger charge is 2.34. The number of thiophene rings is 1. The number of hydrogen-bond acceptors (Lipinski definition) is 4. The van der Waals surface area contributed by atoms with Crippen molar-refractivity contribution >= 4 is 27.9 Å². The van der Waals surface area contributed by atoms with Crippen LogP contribution >= 0.6 is 11.3 Å². The van der Waals surface area contributed by atoms with E-state index in [1.807, 2.05) is 0 Å². The molecule has 1 saturated carbocycles. The molecule has 0 aromatic carbocycles. The third-order valence-corrected chi connectivity index (χ3v) is 5.07. The van der Waals surface area contributed by atoms with Gasteiger partial charge in [0.15, 0.2) is 0 Å². The summed E-state index contributed by atoms with van der Waals surface area (Å²) in [5, 5.41) is 1.22. The van der Waals surface area contributed by atoms with Crippen LogP contribution in [-0.4, -0.2) is 38.0 Å². The van der Waals surface area contributed by atoms with Crippen LogP contribution in [0.1, 0.15) is 54.8 Å². The second-order valence-electron chi connectivity index (χ2n) is 6.47. The van der Waals surface area contributed by atoms with Gasteiger partial charge in [0.1, 0.15) is 4.88 Å². The Balaban J connectivity index is 2.44. The molecule has 0 unspecified atom stereocenters. The molecule has 0 aliphatic heterocycles. The van der Waals surface area contributed by atoms with E-state index in [-0.39, 0.29) is 5.91 Å². The summed E-state index contributed by atoms with van der Waals surface area (Å²) in [5.41, 5.74) is 8.29. The number of carbonyl (C=O) groups excluding carboxylic acids is 1. The van der Waals surface area contributed by atoms with Gasteiger partial charge in [-0.3, -0.25) is 4.79 Å². The first-order chi connectivity index (χ1) is 9.86. The second kappa shape index (κ2) is 6.26. The Morgan fingerprint density at radius 1 is 1.38 bits per heavy atom. The Morgan fingerprint density at radius 2 is 2.00 bits per heavy atom. The summed E-state index contributed by atoms with van der Waals surface area (Å²) in [7, 11) is 3.56. The molecule has 1 aromatic heterocycles. The number of hydrogen-bond donors (Lipinski definition) is 1. The van der Waals surface area contributed by atoms with E-state index < -0.39 is 0 Å². The molecule has 0 bridgehead atoms. The zero-order valence-corrected chi connectivity index (χ0v) is 14.6. The van der Waals surface area contributed by atoms with Gasteiger partial charge in [-0.05, 0) is 31.6 Å². The van der Waals surface area contributed by atoms with Crippen LogP contribution < -0.4 is 10.6 Å². The van der Waals surface area contributed by atoms with Gasteiger partial charge in [0.05, 0.1) is 10.7 Å². The smallest absolute Gasteiger partial charge is 0.265 e. The van der Waals surface area contributed by atoms with Gasteiger partial charge in [0.25, 0.3) is 5.91 Å². The van der Waals surface area contributed by atoms with Gasteiger partial charge in [-0.25, -0.2) is 0 Å². The number of amides is 1. The standard InChI is InChI=1S/C16H27N3OS/c1-6-19(9-10(2)3)16-12(11-7-8-11)13(17)14(21-16)15(20)18(4)5/h10-11H,6-9,17H2,1-5H3. The van der Waals surface area contributed by atoms with Crippen LogP contribution in [0, 0.1) is 5.92 Å². The lowest BCUT2D eigenvalue weighted by molar-refractivity contribution is 0.0833. The van der Waals surface area contributed by atoms with Crippen molar-refractivity contribution in [3.63, 3.8) is 0 Å². The molecule has 2 N–H and O–H groups in total. The van der Waals surface area contributed by atoms with E-state index in [9.17, 15) is 4.79 Å². The molecule has 2 rings (SSSR count). The molecule has 5 heteroatoms. The van der Waals surface area contributed by atoms with Gasteiger partial charge < -0.3 is 15.5 Å². The van der Waals surface area contributed by atoms with E-state index in [1.165, 1.54) is 23.4 Å². The molecule has 1 aromatic rings. The number of nitrogen functional groups attached to an aromatic ring is 1. The molecule has 1 aliphatic carbocycles. The van der Waals surface area contributed by atoms with Crippen LogP contribution in [0.4, 0.5) is 10.7 Å². The van der Waals surface area contributed by atoms with Crippen molar-refractivity contribution in [1.82, 2.24) is 4.90 Å². The molecule has 0 spiro atoms. The first kappa shape index (κ1) is 16.1. The minimum absolute atomic E-state index is 0.0197. The molecule has 0 radical (unpaired) electrons. The van der Waals surface area contributed by atoms with Crippen molar-refractivity contribution < 1.29 is 4.79 Å². The Hall–Kier alpha value is -1.23. The second-order valence-corrected chi connectivity index (χ2v) is 7.47. The van der Waals surface area contributed by atoms with Crippen molar-refractivity contribution in [1.29, 1.82) is 0 Å². The normalized spacial score (nSPS) is 14.6. The first-order valence-corrected chi connectivity index (χ1v) is 8.57. The van der Waals surface area contributed by atoms with Gasteiger partial charge in [-0.15, -0.1) is 11.3 Å². The predicted octanol–water partition coefficient (Wildman–Crippen LogP) is 3.39. The van der Waals surface area contributed by atoms with Crippen molar-refractivity contribution in [3.05, 3.63) is 10.4 Å². The van der Waals surface area contributed by atoms with Crippen LogP contribution in [0.15, 0.2) is 0 Å². The third kappa shape index (κ3) is 3.34. The molecular weight excluding hydrogens is 282 g/mol. The summed E-state index contributed by atoms with van der Waals surface area (Å²) >= 11 is 1.58. The molecular formula is C16H27N3OS. The van der Waals surface area contributed by atoms with Gasteiger partial charge >= 0.3 is 0 Å². The van der Waals surface area contributed by atoms with Crippen molar-refractivity contribution in [2.75, 3.05) is 37.8 Å². The molecule has 21 heavy (non-hydrogen) atoms. The molecule has 1 heterocycles. The van der Waals surface area contributed by atoms with Gasteiger partial charge in [-0.1, -0.05) is 13.8 Å². The van der Waals surface area contributed by atoms with E-state index in [0.717, 1.165) is 18.8 Å². The van der Waals surface area contributed by atoms with E-state index in [2.05, 4.69) is 25.7 Å². The summed E-state index contributed by atoms with van der Waals surface area (Å²) in [4.78, 5) is 17.0. The van der Waals surface area contributed by atoms with Crippen LogP contribution in [0.5, 0.6) is 0 Å². The molecule has 118 valence electrons. The Morgan fingerprint density at radius 3 is 2.43 bits per heavy atom. The summed E-state index contributed by atoms with van der Waals surface area (Å²) in [5.74, 6) is 1.17. The number of nitrogens with two attached hydrogens (primary N) is 1. The maximum Gasteiger partial charge on any atom is 0.265 e. The average molecular weight is 309 g/mol. The zero-order chi connectivity index (χ0) is 15.7. The minimum atomic E-state index is 0.0197. The Kier molecular flexibility index (Phi) is 4.81. The van der Waals surface area contributed by atoms with Crippen LogP contribution in [0.2, 0.25) is 0 Å². The van der Waals surface area contributed by atoms with Crippen molar-refractivity contribution in [2.45, 2.75) is 39.5 Å². The number of rotatable bonds is 6. The lowest BCUT2D eigenvalue weighted by Crippen LogP contribution is -2.27. The lowest BCUT2D eigenvalue weighted by Gasteiger charge is -2.25. The van der Waals surface area contributed by atoms with E-state index >= 15 is 0 Å². The monoisotopic (exact) mass is 309 g/mol. The molecule has 1 amide bonds. The lowest BCUT2D eigenvalue weighted by atomic mass is 10.1. The number of carbonyl (C=O) groups is 1. The maximum absolute atomic E-state index is 12.3. The van der Waals surface area contributed by atoms with E-state index in [4.69, 9.17) is 5.73 Å². The van der Waals surface area contributed by atoms with Crippen molar-refractivity contribution in [3.8, 4) is 0 Å². The Labute approximate surface area is 131 Å². The van der Waals surface area contributed by atoms with Crippen LogP contribution in [0.3, 0.4) is 0 Å². The maximum atomic E-state index is 12.3. The fraction of sp³-hybridized carbons (Fsp3) is 0.688. The summed E-state index contributed by atoms with van der Waals surface area (Å²) in [6.07, 6.45) is 2.39. The van der Waals surface area contributed by atoms with Crippen LogP contribution in [0.25, 0.3) is 0 Å². The van der Waals surface area contributed by atoms with Gasteiger partial charge in [-0.2, -0.15) is 0 Å². The third-order valence-electron chi connectivity index (χ3n) is 3.80. The highest BCUT2D eigenvalue weighted by molar-refractivity contribution is 7.18. The predicted molar refractivity (Wildman–Crippen MR) is 91.4 cm³/mol. The SMILES string of the molecule is CCN(CC(C)C)c1sc(C(=O)N(C)C)c(N)c1C1CC1. The Bertz CT molecular complexity index is 518. The van der Waals surface area contributed by atoms with E-state index in [0.29, 0.717) is 16.7 Å². The summed E-state index contributed by atoms with van der Waals surface area (Å²) < 4.78 is 0. The number of anilines is 2. The molecule has 1 fully saturated rings.